The van der Waals surface area contributed by atoms with Gasteiger partial charge in [-0.25, -0.2) is 17.5 Å². The van der Waals surface area contributed by atoms with E-state index in [-0.39, 0.29) is 6.42 Å². The predicted octanol–water partition coefficient (Wildman–Crippen LogP) is 0.190. The normalized spacial score (nSPS) is 25.8. The Balaban J connectivity index is 3.30. The fourth-order valence-electron chi connectivity index (χ4n) is 1.52. The van der Waals surface area contributed by atoms with E-state index in [0.717, 1.165) is 0 Å². The van der Waals surface area contributed by atoms with Crippen LogP contribution in [0.5, 0.6) is 0 Å². The third-order valence-corrected chi connectivity index (χ3v) is 5.70. The number of sulfonamides is 1. The van der Waals surface area contributed by atoms with Gasteiger partial charge in [0.05, 0.1) is 0 Å². The lowest BCUT2D eigenvalue weighted by Crippen LogP contribution is -2.74. The SMILES string of the molecule is CCC(C)(C(=O)O)N1C(=O)C(C)(C)S1(=O)=O. The van der Waals surface area contributed by atoms with Gasteiger partial charge in [0.15, 0.2) is 10.3 Å². The van der Waals surface area contributed by atoms with E-state index in [9.17, 15) is 18.0 Å². The van der Waals surface area contributed by atoms with Gasteiger partial charge in [-0.3, -0.25) is 4.79 Å². The van der Waals surface area contributed by atoms with Gasteiger partial charge in [-0.2, -0.15) is 0 Å². The zero-order valence-corrected chi connectivity index (χ0v) is 10.5. The van der Waals surface area contributed by atoms with Crippen molar-refractivity contribution in [3.63, 3.8) is 0 Å². The average Bonchev–Trinajstić information content (AvgIpc) is 2.16. The van der Waals surface area contributed by atoms with Gasteiger partial charge < -0.3 is 5.11 Å². The fourth-order valence-corrected chi connectivity index (χ4v) is 3.34. The minimum Gasteiger partial charge on any atom is -0.479 e. The molecule has 0 radical (unpaired) electrons. The first-order valence-electron chi connectivity index (χ1n) is 4.86. The topological polar surface area (TPSA) is 91.8 Å². The monoisotopic (exact) mass is 249 g/mol. The molecule has 1 amide bonds. The van der Waals surface area contributed by atoms with Crippen molar-refractivity contribution in [3.8, 4) is 0 Å². The van der Waals surface area contributed by atoms with Crippen LogP contribution in [0.25, 0.3) is 0 Å². The van der Waals surface area contributed by atoms with Gasteiger partial charge in [0.1, 0.15) is 0 Å². The summed E-state index contributed by atoms with van der Waals surface area (Å²) in [5.74, 6) is -1.98. The van der Waals surface area contributed by atoms with E-state index in [1.165, 1.54) is 27.7 Å². The zero-order chi connectivity index (χ0) is 12.9. The second-order valence-corrected chi connectivity index (χ2v) is 6.85. The van der Waals surface area contributed by atoms with Crippen molar-refractivity contribution in [1.82, 2.24) is 4.31 Å². The molecule has 0 bridgehead atoms. The van der Waals surface area contributed by atoms with Gasteiger partial charge in [-0.15, -0.1) is 0 Å². The van der Waals surface area contributed by atoms with Crippen LogP contribution in [0, 0.1) is 0 Å². The highest BCUT2D eigenvalue weighted by molar-refractivity contribution is 7.94. The molecule has 1 saturated heterocycles. The molecule has 0 aromatic rings. The van der Waals surface area contributed by atoms with Crippen molar-refractivity contribution >= 4 is 21.9 Å². The number of amides is 1. The fraction of sp³-hybridized carbons (Fsp3) is 0.778. The summed E-state index contributed by atoms with van der Waals surface area (Å²) in [5.41, 5.74) is -1.69. The number of nitrogens with zero attached hydrogens (tertiary/aromatic N) is 1. The van der Waals surface area contributed by atoms with Crippen LogP contribution >= 0.6 is 0 Å². The number of hydrogen-bond donors (Lipinski definition) is 1. The highest BCUT2D eigenvalue weighted by Gasteiger charge is 2.66. The Morgan fingerprint density at radius 1 is 1.50 bits per heavy atom. The van der Waals surface area contributed by atoms with Crippen molar-refractivity contribution in [2.45, 2.75) is 44.4 Å². The average molecular weight is 249 g/mol. The number of carboxylic acids is 1. The van der Waals surface area contributed by atoms with Crippen molar-refractivity contribution in [3.05, 3.63) is 0 Å². The lowest BCUT2D eigenvalue weighted by atomic mass is 9.97. The van der Waals surface area contributed by atoms with Gasteiger partial charge in [0, 0.05) is 0 Å². The van der Waals surface area contributed by atoms with Crippen LogP contribution in [0.2, 0.25) is 0 Å². The predicted molar refractivity (Wildman–Crippen MR) is 56.2 cm³/mol. The minimum absolute atomic E-state index is 0.0311. The maximum atomic E-state index is 11.8. The van der Waals surface area contributed by atoms with Crippen LogP contribution in [-0.4, -0.2) is 40.0 Å². The minimum atomic E-state index is -3.86. The summed E-state index contributed by atoms with van der Waals surface area (Å²) in [4.78, 5) is 22.8. The molecule has 0 aromatic carbocycles. The van der Waals surface area contributed by atoms with Gasteiger partial charge in [-0.1, -0.05) is 6.92 Å². The van der Waals surface area contributed by atoms with Crippen molar-refractivity contribution in [2.75, 3.05) is 0 Å². The molecule has 1 unspecified atom stereocenters. The molecule has 1 fully saturated rings. The summed E-state index contributed by atoms with van der Waals surface area (Å²) in [5, 5.41) is 9.03. The first-order chi connectivity index (χ1) is 7.03. The van der Waals surface area contributed by atoms with Crippen LogP contribution in [0.4, 0.5) is 0 Å². The third-order valence-electron chi connectivity index (χ3n) is 3.18. The lowest BCUT2D eigenvalue weighted by Gasteiger charge is -2.49. The maximum absolute atomic E-state index is 11.8. The summed E-state index contributed by atoms with van der Waals surface area (Å²) in [7, 11) is -3.86. The van der Waals surface area contributed by atoms with E-state index in [4.69, 9.17) is 5.11 Å². The van der Waals surface area contributed by atoms with Crippen LogP contribution < -0.4 is 0 Å². The van der Waals surface area contributed by atoms with E-state index in [1.807, 2.05) is 0 Å². The first kappa shape index (κ1) is 13.0. The van der Waals surface area contributed by atoms with Crippen LogP contribution in [0.3, 0.4) is 0 Å². The Hall–Kier alpha value is -1.11. The van der Waals surface area contributed by atoms with E-state index < -0.39 is 32.2 Å². The summed E-state index contributed by atoms with van der Waals surface area (Å²) in [6.07, 6.45) is 0.0311. The number of hydrogen-bond acceptors (Lipinski definition) is 4. The molecule has 92 valence electrons. The number of carboxylic acid groups (broad SMARTS) is 1. The van der Waals surface area contributed by atoms with Gasteiger partial charge in [0.2, 0.25) is 0 Å². The highest BCUT2D eigenvalue weighted by Crippen LogP contribution is 2.41. The van der Waals surface area contributed by atoms with E-state index >= 15 is 0 Å². The first-order valence-corrected chi connectivity index (χ1v) is 6.30. The standard InChI is InChI=1S/C9H15NO5S/c1-5-9(4,7(12)13)10-6(11)8(2,3)16(10,14)15/h5H2,1-4H3,(H,12,13). The molecule has 1 heterocycles. The summed E-state index contributed by atoms with van der Waals surface area (Å²) in [6, 6.07) is 0. The van der Waals surface area contributed by atoms with Gasteiger partial charge in [0.25, 0.3) is 15.9 Å². The van der Waals surface area contributed by atoms with Crippen LogP contribution in [0.15, 0.2) is 0 Å². The second-order valence-electron chi connectivity index (χ2n) is 4.52. The lowest BCUT2D eigenvalue weighted by molar-refractivity contribution is -0.155. The molecule has 1 aliphatic heterocycles. The second kappa shape index (κ2) is 3.19. The zero-order valence-electron chi connectivity index (χ0n) is 9.64. The third kappa shape index (κ3) is 1.20. The molecule has 7 heteroatoms. The molecule has 0 aliphatic carbocycles. The largest absolute Gasteiger partial charge is 0.479 e. The Morgan fingerprint density at radius 3 is 2.19 bits per heavy atom. The Bertz CT molecular complexity index is 453. The molecule has 0 saturated carbocycles. The van der Waals surface area contributed by atoms with Crippen molar-refractivity contribution < 1.29 is 23.1 Å². The molecule has 6 nitrogen and oxygen atoms in total. The molecule has 1 rings (SSSR count). The molecular weight excluding hydrogens is 234 g/mol. The molecular formula is C9H15NO5S. The van der Waals surface area contributed by atoms with E-state index in [2.05, 4.69) is 0 Å². The van der Waals surface area contributed by atoms with Crippen LogP contribution in [0.1, 0.15) is 34.1 Å². The molecule has 0 aromatic heterocycles. The Kier molecular flexibility index (Phi) is 2.58. The van der Waals surface area contributed by atoms with E-state index in [1.54, 1.807) is 0 Å². The number of aliphatic carboxylic acids is 1. The van der Waals surface area contributed by atoms with Crippen LogP contribution in [-0.2, 0) is 19.6 Å². The van der Waals surface area contributed by atoms with Gasteiger partial charge in [-0.05, 0) is 27.2 Å². The van der Waals surface area contributed by atoms with Crippen molar-refractivity contribution in [2.24, 2.45) is 0 Å². The Labute approximate surface area is 94.3 Å². The quantitative estimate of drug-likeness (QED) is 0.770. The number of rotatable bonds is 3. The molecule has 1 aliphatic rings. The molecule has 1 N–H and O–H groups in total. The van der Waals surface area contributed by atoms with Gasteiger partial charge >= 0.3 is 5.97 Å². The smallest absolute Gasteiger partial charge is 0.330 e. The maximum Gasteiger partial charge on any atom is 0.330 e. The summed E-state index contributed by atoms with van der Waals surface area (Å²) < 4.78 is 22.6. The molecule has 16 heavy (non-hydrogen) atoms. The van der Waals surface area contributed by atoms with E-state index in [0.29, 0.717) is 4.31 Å². The van der Waals surface area contributed by atoms with Crippen molar-refractivity contribution in [1.29, 1.82) is 0 Å². The molecule has 0 spiro atoms. The molecule has 1 atom stereocenters. The highest BCUT2D eigenvalue weighted by atomic mass is 32.2. The number of carbonyl (C=O) groups is 2. The number of carbonyl (C=O) groups excluding carboxylic acids is 1. The summed E-state index contributed by atoms with van der Waals surface area (Å²) in [6.45, 7) is 5.32. The summed E-state index contributed by atoms with van der Waals surface area (Å²) >= 11 is 0. The Morgan fingerprint density at radius 2 is 1.94 bits per heavy atom.